The molecule has 1 aliphatic rings. The number of nitrogens with zero attached hydrogens (tertiary/aromatic N) is 2. The van der Waals surface area contributed by atoms with Crippen LogP contribution in [0.1, 0.15) is 30.7 Å². The van der Waals surface area contributed by atoms with E-state index in [9.17, 15) is 13.2 Å². The van der Waals surface area contributed by atoms with Crippen molar-refractivity contribution >= 4 is 27.1 Å². The van der Waals surface area contributed by atoms with Gasteiger partial charge in [0.05, 0.1) is 17.0 Å². The minimum atomic E-state index is -3.43. The quantitative estimate of drug-likeness (QED) is 0.773. The van der Waals surface area contributed by atoms with E-state index in [1.807, 2.05) is 5.38 Å². The van der Waals surface area contributed by atoms with Crippen LogP contribution in [0.25, 0.3) is 11.3 Å². The van der Waals surface area contributed by atoms with Crippen molar-refractivity contribution in [3.05, 3.63) is 34.7 Å². The zero-order valence-corrected chi connectivity index (χ0v) is 16.1. The van der Waals surface area contributed by atoms with E-state index in [1.165, 1.54) is 29.7 Å². The number of Topliss-reactive ketones (excluding diaryl/α,β-unsaturated/α-hetero) is 1. The molecule has 1 fully saturated rings. The van der Waals surface area contributed by atoms with Crippen LogP contribution in [0.2, 0.25) is 0 Å². The number of carbonyl (C=O) groups excluding carboxylic acids is 1. The summed E-state index contributed by atoms with van der Waals surface area (Å²) in [6.07, 6.45) is 4.74. The second-order valence-electron chi connectivity index (χ2n) is 6.56. The monoisotopic (exact) mass is 378 g/mol. The highest BCUT2D eigenvalue weighted by Gasteiger charge is 2.23. The van der Waals surface area contributed by atoms with Gasteiger partial charge in [-0.3, -0.25) is 4.79 Å². The second kappa shape index (κ2) is 7.35. The highest BCUT2D eigenvalue weighted by molar-refractivity contribution is 7.89. The Kier molecular flexibility index (Phi) is 5.36. The van der Waals surface area contributed by atoms with Crippen LogP contribution in [0.4, 0.5) is 0 Å². The van der Waals surface area contributed by atoms with E-state index in [4.69, 9.17) is 0 Å². The molecule has 0 saturated heterocycles. The van der Waals surface area contributed by atoms with Gasteiger partial charge in [0.1, 0.15) is 10.8 Å². The summed E-state index contributed by atoms with van der Waals surface area (Å²) in [5, 5.41) is 2.75. The Hall–Kier alpha value is -1.57. The maximum atomic E-state index is 12.3. The fourth-order valence-electron chi connectivity index (χ4n) is 3.07. The van der Waals surface area contributed by atoms with Crippen LogP contribution in [0.3, 0.4) is 0 Å². The largest absolute Gasteiger partial charge is 0.299 e. The third-order valence-corrected chi connectivity index (χ3v) is 7.29. The third kappa shape index (κ3) is 3.99. The number of ketones is 1. The Morgan fingerprint density at radius 2 is 1.84 bits per heavy atom. The fourth-order valence-corrected chi connectivity index (χ4v) is 4.79. The molecule has 1 aliphatic carbocycles. The zero-order chi connectivity index (χ0) is 18.0. The third-order valence-electron chi connectivity index (χ3n) is 4.62. The van der Waals surface area contributed by atoms with Gasteiger partial charge in [-0.1, -0.05) is 25.0 Å². The summed E-state index contributed by atoms with van der Waals surface area (Å²) in [4.78, 5) is 17.1. The molecule has 1 aromatic carbocycles. The molecular weight excluding hydrogens is 356 g/mol. The number of aromatic nitrogens is 1. The molecule has 2 aromatic rings. The molecule has 1 saturated carbocycles. The molecule has 0 atom stereocenters. The van der Waals surface area contributed by atoms with Gasteiger partial charge in [0.25, 0.3) is 0 Å². The van der Waals surface area contributed by atoms with Crippen LogP contribution < -0.4 is 0 Å². The molecule has 0 aliphatic heterocycles. The molecule has 0 radical (unpaired) electrons. The number of rotatable bonds is 6. The maximum absolute atomic E-state index is 12.3. The van der Waals surface area contributed by atoms with Crippen molar-refractivity contribution in [1.29, 1.82) is 0 Å². The number of thiazole rings is 1. The summed E-state index contributed by atoms with van der Waals surface area (Å²) in [7, 11) is -0.403. The van der Waals surface area contributed by atoms with E-state index in [0.717, 1.165) is 41.9 Å². The Morgan fingerprint density at radius 1 is 1.20 bits per heavy atom. The highest BCUT2D eigenvalue weighted by atomic mass is 32.2. The molecule has 0 unspecified atom stereocenters. The van der Waals surface area contributed by atoms with Crippen molar-refractivity contribution < 1.29 is 13.2 Å². The molecule has 0 bridgehead atoms. The van der Waals surface area contributed by atoms with Gasteiger partial charge in [0.15, 0.2) is 0 Å². The first-order valence-corrected chi connectivity index (χ1v) is 10.7. The first-order chi connectivity index (χ1) is 11.9. The van der Waals surface area contributed by atoms with Gasteiger partial charge in [-0.05, 0) is 25.0 Å². The van der Waals surface area contributed by atoms with Gasteiger partial charge in [-0.2, -0.15) is 0 Å². The molecule has 1 heterocycles. The number of benzene rings is 1. The second-order valence-corrected chi connectivity index (χ2v) is 9.66. The van der Waals surface area contributed by atoms with E-state index in [2.05, 4.69) is 4.98 Å². The van der Waals surface area contributed by atoms with E-state index >= 15 is 0 Å². The molecule has 3 rings (SSSR count). The maximum Gasteiger partial charge on any atom is 0.242 e. The summed E-state index contributed by atoms with van der Waals surface area (Å²) in [5.74, 6) is 0.508. The standard InChI is InChI=1S/C18H22N2O3S2/c1-20(2)25(22,23)15-9-7-13(8-10-15)16-12-24-18(19-16)11-17(21)14-5-3-4-6-14/h7-10,12,14H,3-6,11H2,1-2H3. The van der Waals surface area contributed by atoms with Crippen LogP contribution in [-0.4, -0.2) is 37.6 Å². The summed E-state index contributed by atoms with van der Waals surface area (Å²) >= 11 is 1.49. The van der Waals surface area contributed by atoms with Crippen molar-refractivity contribution in [1.82, 2.24) is 9.29 Å². The van der Waals surface area contributed by atoms with Crippen molar-refractivity contribution in [3.63, 3.8) is 0 Å². The molecular formula is C18H22N2O3S2. The zero-order valence-electron chi connectivity index (χ0n) is 14.4. The average Bonchev–Trinajstić information content (AvgIpc) is 3.26. The number of sulfonamides is 1. The number of hydrogen-bond acceptors (Lipinski definition) is 5. The number of hydrogen-bond donors (Lipinski definition) is 0. The first-order valence-electron chi connectivity index (χ1n) is 8.38. The van der Waals surface area contributed by atoms with E-state index in [-0.39, 0.29) is 10.8 Å². The molecule has 7 heteroatoms. The predicted octanol–water partition coefficient (Wildman–Crippen LogP) is 3.36. The van der Waals surface area contributed by atoms with Gasteiger partial charge < -0.3 is 0 Å². The molecule has 1 aromatic heterocycles. The summed E-state index contributed by atoms with van der Waals surface area (Å²) < 4.78 is 25.4. The van der Waals surface area contributed by atoms with Crippen LogP contribution in [0.5, 0.6) is 0 Å². The molecule has 25 heavy (non-hydrogen) atoms. The van der Waals surface area contributed by atoms with Crippen LogP contribution >= 0.6 is 11.3 Å². The molecule has 0 amide bonds. The van der Waals surface area contributed by atoms with E-state index < -0.39 is 10.0 Å². The number of carbonyl (C=O) groups is 1. The Labute approximate surface area is 152 Å². The fraction of sp³-hybridized carbons (Fsp3) is 0.444. The first kappa shape index (κ1) is 18.2. The van der Waals surface area contributed by atoms with Crippen molar-refractivity contribution in [2.45, 2.75) is 37.0 Å². The lowest BCUT2D eigenvalue weighted by Crippen LogP contribution is -2.22. The summed E-state index contributed by atoms with van der Waals surface area (Å²) in [5.41, 5.74) is 1.64. The van der Waals surface area contributed by atoms with Gasteiger partial charge in [-0.25, -0.2) is 17.7 Å². The van der Waals surface area contributed by atoms with Gasteiger partial charge in [-0.15, -0.1) is 11.3 Å². The minimum absolute atomic E-state index is 0.211. The lowest BCUT2D eigenvalue weighted by atomic mass is 10.0. The summed E-state index contributed by atoms with van der Waals surface area (Å²) in [6, 6.07) is 6.70. The van der Waals surface area contributed by atoms with Crippen LogP contribution in [0, 0.1) is 5.92 Å². The molecule has 5 nitrogen and oxygen atoms in total. The van der Waals surface area contributed by atoms with Crippen molar-refractivity contribution in [2.75, 3.05) is 14.1 Å². The average molecular weight is 379 g/mol. The molecule has 0 N–H and O–H groups in total. The van der Waals surface area contributed by atoms with Crippen molar-refractivity contribution in [3.8, 4) is 11.3 Å². The Balaban J connectivity index is 1.73. The van der Waals surface area contributed by atoms with E-state index in [0.29, 0.717) is 12.2 Å². The highest BCUT2D eigenvalue weighted by Crippen LogP contribution is 2.28. The van der Waals surface area contributed by atoms with Crippen LogP contribution in [-0.2, 0) is 21.2 Å². The van der Waals surface area contributed by atoms with E-state index in [1.54, 1.807) is 24.3 Å². The topological polar surface area (TPSA) is 67.3 Å². The lowest BCUT2D eigenvalue weighted by Gasteiger charge is -2.11. The lowest BCUT2D eigenvalue weighted by molar-refractivity contribution is -0.122. The van der Waals surface area contributed by atoms with Gasteiger partial charge >= 0.3 is 0 Å². The SMILES string of the molecule is CN(C)S(=O)(=O)c1ccc(-c2csc(CC(=O)C3CCCC3)n2)cc1. The normalized spacial score (nSPS) is 15.8. The summed E-state index contributed by atoms with van der Waals surface area (Å²) in [6.45, 7) is 0. The smallest absolute Gasteiger partial charge is 0.242 e. The Bertz CT molecular complexity index is 849. The van der Waals surface area contributed by atoms with Crippen molar-refractivity contribution in [2.24, 2.45) is 5.92 Å². The molecule has 134 valence electrons. The van der Waals surface area contributed by atoms with Crippen LogP contribution in [0.15, 0.2) is 34.5 Å². The minimum Gasteiger partial charge on any atom is -0.299 e. The molecule has 0 spiro atoms. The van der Waals surface area contributed by atoms with Gasteiger partial charge in [0, 0.05) is 31.0 Å². The Morgan fingerprint density at radius 3 is 2.44 bits per heavy atom. The van der Waals surface area contributed by atoms with Gasteiger partial charge in [0.2, 0.25) is 10.0 Å². The predicted molar refractivity (Wildman–Crippen MR) is 99.1 cm³/mol.